The number of aliphatic hydroxyl groups excluding tert-OH is 1. The molecule has 0 aliphatic heterocycles. The van der Waals surface area contributed by atoms with Gasteiger partial charge in [0.2, 0.25) is 5.95 Å². The molecule has 0 aliphatic carbocycles. The second-order valence-corrected chi connectivity index (χ2v) is 3.52. The van der Waals surface area contributed by atoms with Crippen LogP contribution in [0.2, 0.25) is 0 Å². The third kappa shape index (κ3) is 3.32. The summed E-state index contributed by atoms with van der Waals surface area (Å²) < 4.78 is 0. The molecule has 0 bridgehead atoms. The smallest absolute Gasteiger partial charge is 0.225 e. The fourth-order valence-electron chi connectivity index (χ4n) is 1.24. The second-order valence-electron chi connectivity index (χ2n) is 3.52. The highest BCUT2D eigenvalue weighted by atomic mass is 16.3. The fourth-order valence-corrected chi connectivity index (χ4v) is 1.24. The molecule has 0 saturated heterocycles. The molecule has 82 valence electrons. The van der Waals surface area contributed by atoms with Crippen LogP contribution in [-0.4, -0.2) is 28.2 Å². The van der Waals surface area contributed by atoms with Crippen LogP contribution in [-0.2, 0) is 6.61 Å². The van der Waals surface area contributed by atoms with E-state index in [2.05, 4.69) is 16.5 Å². The number of anilines is 1. The molecule has 15 heavy (non-hydrogen) atoms. The van der Waals surface area contributed by atoms with Gasteiger partial charge in [0.15, 0.2) is 0 Å². The van der Waals surface area contributed by atoms with Crippen LogP contribution >= 0.6 is 0 Å². The molecule has 1 rings (SSSR count). The summed E-state index contributed by atoms with van der Waals surface area (Å²) in [6, 6.07) is 0. The summed E-state index contributed by atoms with van der Waals surface area (Å²) in [6.07, 6.45) is 3.28. The molecule has 1 aromatic rings. The molecule has 1 aromatic heterocycles. The summed E-state index contributed by atoms with van der Waals surface area (Å²) in [6.45, 7) is 9.47. The van der Waals surface area contributed by atoms with Gasteiger partial charge in [-0.2, -0.15) is 0 Å². The van der Waals surface area contributed by atoms with Crippen LogP contribution in [0.3, 0.4) is 0 Å². The highest BCUT2D eigenvalue weighted by Crippen LogP contribution is 2.08. The molecule has 1 N–H and O–H groups in total. The Hall–Kier alpha value is -1.42. The van der Waals surface area contributed by atoms with Gasteiger partial charge in [-0.15, -0.1) is 0 Å². The normalized spacial score (nSPS) is 10.1. The van der Waals surface area contributed by atoms with Crippen molar-refractivity contribution in [2.24, 2.45) is 0 Å². The summed E-state index contributed by atoms with van der Waals surface area (Å²) in [5, 5.41) is 8.86. The third-order valence-corrected chi connectivity index (χ3v) is 2.00. The summed E-state index contributed by atoms with van der Waals surface area (Å²) in [7, 11) is 0. The standard InChI is InChI=1S/C11H17N3O/c1-4-14(7-9(2)3)11-12-5-10(8-15)6-13-11/h5-6,15H,2,4,7-8H2,1,3H3. The summed E-state index contributed by atoms with van der Waals surface area (Å²) in [4.78, 5) is 10.4. The average molecular weight is 207 g/mol. The van der Waals surface area contributed by atoms with Gasteiger partial charge in [-0.05, 0) is 13.8 Å². The van der Waals surface area contributed by atoms with Gasteiger partial charge < -0.3 is 10.0 Å². The number of hydrogen-bond donors (Lipinski definition) is 1. The monoisotopic (exact) mass is 207 g/mol. The van der Waals surface area contributed by atoms with Crippen molar-refractivity contribution in [2.45, 2.75) is 20.5 Å². The quantitative estimate of drug-likeness (QED) is 0.741. The maximum atomic E-state index is 8.86. The number of nitrogens with zero attached hydrogens (tertiary/aromatic N) is 3. The first-order chi connectivity index (χ1) is 7.17. The van der Waals surface area contributed by atoms with Crippen molar-refractivity contribution in [3.63, 3.8) is 0 Å². The van der Waals surface area contributed by atoms with Crippen molar-refractivity contribution in [1.29, 1.82) is 0 Å². The number of rotatable bonds is 5. The van der Waals surface area contributed by atoms with E-state index in [4.69, 9.17) is 5.11 Å². The zero-order chi connectivity index (χ0) is 11.3. The van der Waals surface area contributed by atoms with Gasteiger partial charge in [0.25, 0.3) is 0 Å². The summed E-state index contributed by atoms with van der Waals surface area (Å²) in [5.74, 6) is 0.678. The summed E-state index contributed by atoms with van der Waals surface area (Å²) in [5.41, 5.74) is 1.80. The lowest BCUT2D eigenvalue weighted by Crippen LogP contribution is -2.26. The van der Waals surface area contributed by atoms with Gasteiger partial charge in [0, 0.05) is 31.0 Å². The third-order valence-electron chi connectivity index (χ3n) is 2.00. The molecule has 0 amide bonds. The Labute approximate surface area is 90.3 Å². The minimum absolute atomic E-state index is 0.0209. The average Bonchev–Trinajstić information content (AvgIpc) is 2.26. The van der Waals surface area contributed by atoms with E-state index in [0.29, 0.717) is 5.95 Å². The molecule has 4 nitrogen and oxygen atoms in total. The number of aliphatic hydroxyl groups is 1. The molecular formula is C11H17N3O. The van der Waals surface area contributed by atoms with Gasteiger partial charge in [-0.1, -0.05) is 12.2 Å². The number of likely N-dealkylation sites (N-methyl/N-ethyl adjacent to an activating group) is 1. The minimum Gasteiger partial charge on any atom is -0.392 e. The van der Waals surface area contributed by atoms with Crippen molar-refractivity contribution in [3.05, 3.63) is 30.1 Å². The Bertz CT molecular complexity index is 321. The maximum Gasteiger partial charge on any atom is 0.225 e. The SMILES string of the molecule is C=C(C)CN(CC)c1ncc(CO)cn1. The van der Waals surface area contributed by atoms with E-state index in [9.17, 15) is 0 Å². The molecular weight excluding hydrogens is 190 g/mol. The van der Waals surface area contributed by atoms with E-state index in [1.54, 1.807) is 12.4 Å². The zero-order valence-electron chi connectivity index (χ0n) is 9.27. The van der Waals surface area contributed by atoms with Crippen molar-refractivity contribution >= 4 is 5.95 Å². The Morgan fingerprint density at radius 3 is 2.47 bits per heavy atom. The Morgan fingerprint density at radius 2 is 2.07 bits per heavy atom. The van der Waals surface area contributed by atoms with E-state index < -0.39 is 0 Å². The molecule has 4 heteroatoms. The first-order valence-electron chi connectivity index (χ1n) is 4.98. The van der Waals surface area contributed by atoms with Crippen LogP contribution in [0.25, 0.3) is 0 Å². The van der Waals surface area contributed by atoms with Crippen LogP contribution in [0.1, 0.15) is 19.4 Å². The lowest BCUT2D eigenvalue weighted by molar-refractivity contribution is 0.281. The highest BCUT2D eigenvalue weighted by molar-refractivity contribution is 5.31. The van der Waals surface area contributed by atoms with E-state index >= 15 is 0 Å². The predicted molar refractivity (Wildman–Crippen MR) is 60.7 cm³/mol. The number of hydrogen-bond acceptors (Lipinski definition) is 4. The molecule has 1 heterocycles. The molecule has 0 spiro atoms. The van der Waals surface area contributed by atoms with Crippen LogP contribution in [0.4, 0.5) is 5.95 Å². The zero-order valence-corrected chi connectivity index (χ0v) is 9.27. The Kier molecular flexibility index (Phi) is 4.24. The molecule has 0 unspecified atom stereocenters. The molecule has 0 radical (unpaired) electrons. The fraction of sp³-hybridized carbons (Fsp3) is 0.455. The van der Waals surface area contributed by atoms with Crippen molar-refractivity contribution < 1.29 is 5.11 Å². The van der Waals surface area contributed by atoms with Crippen LogP contribution < -0.4 is 4.90 Å². The van der Waals surface area contributed by atoms with Crippen LogP contribution in [0.5, 0.6) is 0 Å². The molecule has 0 atom stereocenters. The van der Waals surface area contributed by atoms with Gasteiger partial charge in [0.1, 0.15) is 0 Å². The van der Waals surface area contributed by atoms with E-state index in [-0.39, 0.29) is 6.61 Å². The van der Waals surface area contributed by atoms with Crippen molar-refractivity contribution in [1.82, 2.24) is 9.97 Å². The van der Waals surface area contributed by atoms with Gasteiger partial charge in [-0.3, -0.25) is 0 Å². The van der Waals surface area contributed by atoms with Crippen molar-refractivity contribution in [2.75, 3.05) is 18.0 Å². The Balaban J connectivity index is 2.78. The van der Waals surface area contributed by atoms with Gasteiger partial charge in [0.05, 0.1) is 6.61 Å². The second kappa shape index (κ2) is 5.46. The van der Waals surface area contributed by atoms with Gasteiger partial charge in [-0.25, -0.2) is 9.97 Å². The van der Waals surface area contributed by atoms with E-state index in [0.717, 1.165) is 24.2 Å². The van der Waals surface area contributed by atoms with E-state index in [1.165, 1.54) is 0 Å². The molecule has 0 aliphatic rings. The lowest BCUT2D eigenvalue weighted by Gasteiger charge is -2.20. The highest BCUT2D eigenvalue weighted by Gasteiger charge is 2.06. The van der Waals surface area contributed by atoms with Gasteiger partial charge >= 0.3 is 0 Å². The number of aromatic nitrogens is 2. The molecule has 0 saturated carbocycles. The Morgan fingerprint density at radius 1 is 1.47 bits per heavy atom. The molecule has 0 fully saturated rings. The largest absolute Gasteiger partial charge is 0.392 e. The maximum absolute atomic E-state index is 8.86. The van der Waals surface area contributed by atoms with Crippen molar-refractivity contribution in [3.8, 4) is 0 Å². The lowest BCUT2D eigenvalue weighted by atomic mass is 10.3. The van der Waals surface area contributed by atoms with Crippen LogP contribution in [0, 0.1) is 0 Å². The first kappa shape index (κ1) is 11.7. The first-order valence-corrected chi connectivity index (χ1v) is 4.98. The topological polar surface area (TPSA) is 49.2 Å². The molecule has 0 aromatic carbocycles. The summed E-state index contributed by atoms with van der Waals surface area (Å²) >= 11 is 0. The van der Waals surface area contributed by atoms with Crippen LogP contribution in [0.15, 0.2) is 24.5 Å². The predicted octanol–water partition coefficient (Wildman–Crippen LogP) is 1.37. The minimum atomic E-state index is -0.0209. The van der Waals surface area contributed by atoms with E-state index in [1.807, 2.05) is 18.7 Å².